The number of fused-ring (bicyclic) bond motifs is 2. The summed E-state index contributed by atoms with van der Waals surface area (Å²) in [5, 5.41) is 13.3. The van der Waals surface area contributed by atoms with Gasteiger partial charge in [-0.1, -0.05) is 28.9 Å². The molecule has 34 heavy (non-hydrogen) atoms. The van der Waals surface area contributed by atoms with E-state index in [9.17, 15) is 4.79 Å². The SMILES string of the molecule is O=c1[nH]c2ccc(-n3nnc4c(F)cc(-c5ccnn5CCc5cccc(Cl)c5)cc43)cc2[nH]1. The Balaban J connectivity index is 1.39. The lowest BCUT2D eigenvalue weighted by atomic mass is 10.1. The number of rotatable bonds is 5. The average Bonchev–Trinajstić information content (AvgIpc) is 3.54. The molecule has 0 amide bonds. The molecule has 0 bridgehead atoms. The van der Waals surface area contributed by atoms with E-state index >= 15 is 4.39 Å². The summed E-state index contributed by atoms with van der Waals surface area (Å²) in [7, 11) is 0. The molecule has 0 unspecified atom stereocenters. The quantitative estimate of drug-likeness (QED) is 0.385. The highest BCUT2D eigenvalue weighted by molar-refractivity contribution is 6.30. The third-order valence-corrected chi connectivity index (χ3v) is 6.00. The highest BCUT2D eigenvalue weighted by Crippen LogP contribution is 2.28. The molecule has 6 rings (SSSR count). The molecule has 0 fully saturated rings. The monoisotopic (exact) mass is 473 g/mol. The van der Waals surface area contributed by atoms with E-state index in [1.165, 1.54) is 6.07 Å². The maximum Gasteiger partial charge on any atom is 0.323 e. The molecular formula is C24H17ClFN7O. The van der Waals surface area contributed by atoms with E-state index in [1.807, 2.05) is 41.1 Å². The van der Waals surface area contributed by atoms with E-state index in [1.54, 1.807) is 29.1 Å². The van der Waals surface area contributed by atoms with Crippen LogP contribution in [-0.4, -0.2) is 34.7 Å². The van der Waals surface area contributed by atoms with Crippen LogP contribution in [0.1, 0.15) is 5.56 Å². The van der Waals surface area contributed by atoms with Crippen LogP contribution in [0.4, 0.5) is 4.39 Å². The first-order valence-electron chi connectivity index (χ1n) is 10.6. The van der Waals surface area contributed by atoms with Gasteiger partial charge in [0.1, 0.15) is 5.52 Å². The minimum absolute atomic E-state index is 0.163. The molecule has 0 aliphatic rings. The fourth-order valence-electron chi connectivity index (χ4n) is 4.16. The van der Waals surface area contributed by atoms with E-state index in [0.29, 0.717) is 39.4 Å². The van der Waals surface area contributed by atoms with Gasteiger partial charge in [0.2, 0.25) is 0 Å². The summed E-state index contributed by atoms with van der Waals surface area (Å²) >= 11 is 6.10. The number of nitrogens with zero attached hydrogens (tertiary/aromatic N) is 5. The molecular weight excluding hydrogens is 457 g/mol. The van der Waals surface area contributed by atoms with E-state index < -0.39 is 5.82 Å². The topological polar surface area (TPSA) is 97.2 Å². The Kier molecular flexibility index (Phi) is 4.77. The zero-order valence-corrected chi connectivity index (χ0v) is 18.4. The first-order valence-corrected chi connectivity index (χ1v) is 11.0. The number of benzene rings is 3. The van der Waals surface area contributed by atoms with E-state index in [4.69, 9.17) is 11.6 Å². The average molecular weight is 474 g/mol. The van der Waals surface area contributed by atoms with Gasteiger partial charge in [-0.05, 0) is 60.5 Å². The summed E-state index contributed by atoms with van der Waals surface area (Å²) < 4.78 is 18.4. The van der Waals surface area contributed by atoms with E-state index in [-0.39, 0.29) is 11.2 Å². The highest BCUT2D eigenvalue weighted by atomic mass is 35.5. The van der Waals surface area contributed by atoms with Crippen LogP contribution < -0.4 is 5.69 Å². The number of hydrogen-bond acceptors (Lipinski definition) is 4. The summed E-state index contributed by atoms with van der Waals surface area (Å²) in [6, 6.07) is 18.2. The molecule has 8 nitrogen and oxygen atoms in total. The zero-order chi connectivity index (χ0) is 23.2. The summed E-state index contributed by atoms with van der Waals surface area (Å²) in [5.74, 6) is -0.475. The smallest absolute Gasteiger partial charge is 0.306 e. The molecule has 6 aromatic rings. The molecule has 0 aliphatic carbocycles. The fourth-order valence-corrected chi connectivity index (χ4v) is 4.37. The van der Waals surface area contributed by atoms with Gasteiger partial charge in [0.25, 0.3) is 0 Å². The Hall–Kier alpha value is -4.24. The standard InChI is InChI=1S/C24H17ClFN7O/c25-16-3-1-2-14(10-16)7-9-32-21(6-8-27-32)15-11-18(26)23-22(12-15)33(31-30-23)17-4-5-19-20(13-17)29-24(34)28-19/h1-6,8,10-13H,7,9H2,(H2,28,29,34). The summed E-state index contributed by atoms with van der Waals surface area (Å²) in [5.41, 5.74) is 4.86. The predicted octanol–water partition coefficient (Wildman–Crippen LogP) is 4.49. The number of H-pyrrole nitrogens is 2. The Morgan fingerprint density at radius 1 is 1.00 bits per heavy atom. The second kappa shape index (κ2) is 7.96. The second-order valence-electron chi connectivity index (χ2n) is 7.96. The van der Waals surface area contributed by atoms with Crippen LogP contribution in [0.25, 0.3) is 39.0 Å². The van der Waals surface area contributed by atoms with Gasteiger partial charge in [-0.2, -0.15) is 5.10 Å². The summed E-state index contributed by atoms with van der Waals surface area (Å²) in [6.45, 7) is 0.608. The van der Waals surface area contributed by atoms with Crippen LogP contribution in [0.2, 0.25) is 5.02 Å². The molecule has 0 spiro atoms. The molecule has 2 N–H and O–H groups in total. The number of imidazole rings is 1. The number of aromatic amines is 2. The van der Waals surface area contributed by atoms with Crippen molar-refractivity contribution in [2.45, 2.75) is 13.0 Å². The Labute approximate surface area is 196 Å². The predicted molar refractivity (Wildman–Crippen MR) is 128 cm³/mol. The van der Waals surface area contributed by atoms with Gasteiger partial charge in [0.05, 0.1) is 27.9 Å². The molecule has 3 aromatic carbocycles. The molecule has 0 atom stereocenters. The van der Waals surface area contributed by atoms with Gasteiger partial charge in [-0.3, -0.25) is 4.68 Å². The van der Waals surface area contributed by atoms with Crippen LogP contribution >= 0.6 is 11.6 Å². The first kappa shape index (κ1) is 20.4. The molecule has 0 radical (unpaired) electrons. The van der Waals surface area contributed by atoms with Crippen molar-refractivity contribution in [1.82, 2.24) is 34.7 Å². The third-order valence-electron chi connectivity index (χ3n) is 5.76. The van der Waals surface area contributed by atoms with Crippen LogP contribution in [0.5, 0.6) is 0 Å². The Morgan fingerprint density at radius 2 is 1.88 bits per heavy atom. The molecule has 0 saturated carbocycles. The van der Waals surface area contributed by atoms with Crippen LogP contribution in [0.15, 0.2) is 71.7 Å². The van der Waals surface area contributed by atoms with E-state index in [0.717, 1.165) is 17.7 Å². The van der Waals surface area contributed by atoms with Crippen LogP contribution in [-0.2, 0) is 13.0 Å². The molecule has 10 heteroatoms. The van der Waals surface area contributed by atoms with Gasteiger partial charge in [0.15, 0.2) is 5.82 Å². The number of aryl methyl sites for hydroxylation is 2. The second-order valence-corrected chi connectivity index (χ2v) is 8.39. The van der Waals surface area contributed by atoms with Gasteiger partial charge < -0.3 is 9.97 Å². The van der Waals surface area contributed by atoms with Crippen molar-refractivity contribution in [2.75, 3.05) is 0 Å². The van der Waals surface area contributed by atoms with Crippen molar-refractivity contribution < 1.29 is 4.39 Å². The lowest BCUT2D eigenvalue weighted by Gasteiger charge is -2.09. The lowest BCUT2D eigenvalue weighted by Crippen LogP contribution is -2.05. The zero-order valence-electron chi connectivity index (χ0n) is 17.7. The third kappa shape index (κ3) is 3.56. The number of nitrogens with one attached hydrogen (secondary N) is 2. The van der Waals surface area contributed by atoms with Crippen molar-refractivity contribution in [3.63, 3.8) is 0 Å². The van der Waals surface area contributed by atoms with E-state index in [2.05, 4.69) is 25.4 Å². The van der Waals surface area contributed by atoms with Gasteiger partial charge in [0, 0.05) is 23.3 Å². The Morgan fingerprint density at radius 3 is 2.76 bits per heavy atom. The summed E-state index contributed by atoms with van der Waals surface area (Å²) in [4.78, 5) is 17.0. The molecule has 0 aliphatic heterocycles. The van der Waals surface area contributed by atoms with Crippen molar-refractivity contribution in [3.8, 4) is 16.9 Å². The largest absolute Gasteiger partial charge is 0.323 e. The van der Waals surface area contributed by atoms with Crippen molar-refractivity contribution in [3.05, 3.63) is 93.7 Å². The highest BCUT2D eigenvalue weighted by Gasteiger charge is 2.16. The molecule has 3 heterocycles. The summed E-state index contributed by atoms with van der Waals surface area (Å²) in [6.07, 6.45) is 2.43. The van der Waals surface area contributed by atoms with Gasteiger partial charge in [-0.25, -0.2) is 13.9 Å². The number of hydrogen-bond donors (Lipinski definition) is 2. The molecule has 3 aromatic heterocycles. The minimum Gasteiger partial charge on any atom is -0.306 e. The number of aromatic nitrogens is 7. The van der Waals surface area contributed by atoms with Gasteiger partial charge in [-0.15, -0.1) is 5.10 Å². The maximum atomic E-state index is 15.0. The maximum absolute atomic E-state index is 15.0. The fraction of sp³-hybridized carbons (Fsp3) is 0.0833. The molecule has 0 saturated heterocycles. The van der Waals surface area contributed by atoms with Crippen LogP contribution in [0.3, 0.4) is 0 Å². The number of halogens is 2. The minimum atomic E-state index is -0.475. The van der Waals surface area contributed by atoms with Gasteiger partial charge >= 0.3 is 5.69 Å². The van der Waals surface area contributed by atoms with Crippen LogP contribution in [0, 0.1) is 5.82 Å². The van der Waals surface area contributed by atoms with Crippen molar-refractivity contribution in [1.29, 1.82) is 0 Å². The lowest BCUT2D eigenvalue weighted by molar-refractivity contribution is 0.619. The molecule has 168 valence electrons. The normalized spacial score (nSPS) is 11.6. The first-order chi connectivity index (χ1) is 16.5. The van der Waals surface area contributed by atoms with Crippen molar-refractivity contribution >= 4 is 33.7 Å². The Bertz CT molecular complexity index is 1730. The van der Waals surface area contributed by atoms with Crippen molar-refractivity contribution in [2.24, 2.45) is 0 Å².